The van der Waals surface area contributed by atoms with E-state index >= 15 is 0 Å². The maximum atomic E-state index is 12.4. The van der Waals surface area contributed by atoms with Gasteiger partial charge in [0.05, 0.1) is 46.0 Å². The molecule has 3 rings (SSSR count). The number of amides is 1. The van der Waals surface area contributed by atoms with E-state index in [4.69, 9.17) is 10.5 Å². The standard InChI is InChI=1S/C21H32N6O2.2ClH/c1-25-9-12-27(3,13-10-25)11-4-14-29-19-6-5-17(22)15-18(19)24-21(28)16-20-23-7-8-26(20)2;;/h5-8,15H,4,9-14,16,22H2,1-3H3;2*1H/q+1;;/p-1. The molecule has 1 aromatic rings. The molecule has 0 atom stereocenters. The predicted molar refractivity (Wildman–Crippen MR) is 117 cm³/mol. The van der Waals surface area contributed by atoms with E-state index in [0.29, 0.717) is 29.6 Å². The summed E-state index contributed by atoms with van der Waals surface area (Å²) < 4.78 is 7.08. The minimum atomic E-state index is -0.148. The fourth-order valence-electron chi connectivity index (χ4n) is 3.58. The lowest BCUT2D eigenvalue weighted by atomic mass is 10.2. The van der Waals surface area contributed by atoms with Gasteiger partial charge in [0, 0.05) is 25.2 Å². The number of likely N-dealkylation sites (N-methyl/N-ethyl adjacent to an activating group) is 2. The second-order valence-corrected chi connectivity index (χ2v) is 8.23. The number of nitrogens with two attached hydrogens (primary N) is 1. The molecule has 10 heteroatoms. The molecule has 0 aliphatic carbocycles. The number of benzene rings is 1. The number of aliphatic imine (C=N–C) groups is 1. The van der Waals surface area contributed by atoms with Crippen molar-refractivity contribution in [3.8, 4) is 5.75 Å². The fourth-order valence-corrected chi connectivity index (χ4v) is 3.58. The number of rotatable bonds is 8. The number of hydrogen-bond acceptors (Lipinski definition) is 6. The minimum absolute atomic E-state index is 0. The van der Waals surface area contributed by atoms with Crippen molar-refractivity contribution in [3.63, 3.8) is 0 Å². The first-order chi connectivity index (χ1) is 13.8. The van der Waals surface area contributed by atoms with Gasteiger partial charge in [-0.15, -0.1) is 0 Å². The third kappa shape index (κ3) is 7.88. The summed E-state index contributed by atoms with van der Waals surface area (Å²) in [6.07, 6.45) is 4.66. The number of carbonyl (C=O) groups excluding carboxylic acids is 1. The average molecular weight is 472 g/mol. The normalized spacial score (nSPS) is 17.4. The van der Waals surface area contributed by atoms with Crippen molar-refractivity contribution in [2.24, 2.45) is 0 Å². The third-order valence-electron chi connectivity index (χ3n) is 5.66. The number of carbonyl (C=O) groups is 1. The van der Waals surface area contributed by atoms with E-state index in [0.717, 1.165) is 30.5 Å². The van der Waals surface area contributed by atoms with Crippen LogP contribution in [-0.4, -0.2) is 86.5 Å². The molecule has 173 valence electrons. The highest BCUT2D eigenvalue weighted by Crippen LogP contribution is 2.27. The van der Waals surface area contributed by atoms with Crippen LogP contribution in [0.1, 0.15) is 12.8 Å². The molecule has 0 spiro atoms. The number of hydrogen-bond donors (Lipinski definition) is 2. The Bertz CT molecular complexity index is 794. The van der Waals surface area contributed by atoms with Crippen LogP contribution in [0, 0.1) is 0 Å². The van der Waals surface area contributed by atoms with Crippen LogP contribution in [-0.2, 0) is 4.79 Å². The molecule has 0 bridgehead atoms. The Balaban J connectivity index is 0.00000240. The van der Waals surface area contributed by atoms with Gasteiger partial charge in [-0.05, 0) is 25.2 Å². The van der Waals surface area contributed by atoms with Crippen LogP contribution in [0.3, 0.4) is 0 Å². The second-order valence-electron chi connectivity index (χ2n) is 8.23. The van der Waals surface area contributed by atoms with Gasteiger partial charge in [0.2, 0.25) is 5.91 Å². The summed E-state index contributed by atoms with van der Waals surface area (Å²) in [6, 6.07) is 5.34. The first-order valence-electron chi connectivity index (χ1n) is 10.2. The summed E-state index contributed by atoms with van der Waals surface area (Å²) in [4.78, 5) is 20.8. The first-order valence-corrected chi connectivity index (χ1v) is 10.2. The van der Waals surface area contributed by atoms with E-state index in [1.165, 1.54) is 13.1 Å². The van der Waals surface area contributed by atoms with Crippen molar-refractivity contribution < 1.29 is 38.8 Å². The van der Waals surface area contributed by atoms with E-state index in [1.807, 2.05) is 24.2 Å². The molecule has 0 saturated carbocycles. The van der Waals surface area contributed by atoms with Crippen LogP contribution in [0.5, 0.6) is 5.75 Å². The van der Waals surface area contributed by atoms with E-state index in [9.17, 15) is 4.79 Å². The number of halogens is 2. The summed E-state index contributed by atoms with van der Waals surface area (Å²) in [5, 5.41) is 2.91. The van der Waals surface area contributed by atoms with Crippen molar-refractivity contribution >= 4 is 23.1 Å². The number of piperazine rings is 1. The van der Waals surface area contributed by atoms with Crippen LogP contribution < -0.4 is 45.6 Å². The number of nitrogens with one attached hydrogen (secondary N) is 1. The average Bonchev–Trinajstić information content (AvgIpc) is 3.07. The van der Waals surface area contributed by atoms with Crippen molar-refractivity contribution in [2.45, 2.75) is 12.8 Å². The summed E-state index contributed by atoms with van der Waals surface area (Å²) in [5.41, 5.74) is 7.10. The molecule has 2 aliphatic heterocycles. The highest BCUT2D eigenvalue weighted by atomic mass is 35.5. The SMILES string of the molecule is CN1CC[N+](C)(CCCOc2ccc(N)cc2NC(=O)CC2=[N+]C=CN2C)CC1.[Cl-].[Cl-]. The third-order valence-corrected chi connectivity index (χ3v) is 5.66. The molecule has 3 N–H and O–H groups in total. The fraction of sp³-hybridized carbons (Fsp3) is 0.524. The Kier molecular flexibility index (Phi) is 10.6. The van der Waals surface area contributed by atoms with Crippen molar-refractivity contribution in [1.29, 1.82) is 0 Å². The Labute approximate surface area is 197 Å². The van der Waals surface area contributed by atoms with Crippen molar-refractivity contribution in [3.05, 3.63) is 30.6 Å². The molecule has 2 heterocycles. The van der Waals surface area contributed by atoms with Crippen LogP contribution >= 0.6 is 0 Å². The number of nitrogens with zero attached hydrogens (tertiary/aromatic N) is 4. The lowest BCUT2D eigenvalue weighted by Gasteiger charge is -2.41. The Morgan fingerprint density at radius 2 is 1.97 bits per heavy atom. The highest BCUT2D eigenvalue weighted by Gasteiger charge is 2.26. The summed E-state index contributed by atoms with van der Waals surface area (Å²) in [5.74, 6) is 1.21. The van der Waals surface area contributed by atoms with Gasteiger partial charge in [-0.3, -0.25) is 9.69 Å². The zero-order valence-corrected chi connectivity index (χ0v) is 20.0. The van der Waals surface area contributed by atoms with Gasteiger partial charge in [0.15, 0.2) is 6.20 Å². The quantitative estimate of drug-likeness (QED) is 0.225. The predicted octanol–water partition coefficient (Wildman–Crippen LogP) is -5.08. The summed E-state index contributed by atoms with van der Waals surface area (Å²) in [6.45, 7) is 6.32. The van der Waals surface area contributed by atoms with Crippen molar-refractivity contribution in [1.82, 2.24) is 14.8 Å². The maximum Gasteiger partial charge on any atom is 0.307 e. The smallest absolute Gasteiger partial charge is 0.307 e. The van der Waals surface area contributed by atoms with Gasteiger partial charge in [-0.1, -0.05) is 4.99 Å². The Hall–Kier alpha value is -2.00. The molecule has 1 aromatic carbocycles. The van der Waals surface area contributed by atoms with Gasteiger partial charge in [-0.25, -0.2) is 4.90 Å². The van der Waals surface area contributed by atoms with Crippen molar-refractivity contribution in [2.75, 3.05) is 71.5 Å². The highest BCUT2D eigenvalue weighted by molar-refractivity contribution is 6.06. The zero-order chi connectivity index (χ0) is 20.9. The zero-order valence-electron chi connectivity index (χ0n) is 18.5. The van der Waals surface area contributed by atoms with Crippen LogP contribution in [0.15, 0.2) is 30.6 Å². The lowest BCUT2D eigenvalue weighted by molar-refractivity contribution is -0.913. The molecule has 1 amide bonds. The molecule has 1 radical (unpaired) electrons. The van der Waals surface area contributed by atoms with Gasteiger partial charge in [0.1, 0.15) is 18.4 Å². The van der Waals surface area contributed by atoms with Gasteiger partial charge < -0.3 is 45.1 Å². The maximum absolute atomic E-state index is 12.4. The van der Waals surface area contributed by atoms with Crippen LogP contribution in [0.25, 0.3) is 0 Å². The molecule has 31 heavy (non-hydrogen) atoms. The van der Waals surface area contributed by atoms with E-state index in [1.54, 1.807) is 18.3 Å². The molecule has 8 nitrogen and oxygen atoms in total. The topological polar surface area (TPSA) is 84.9 Å². The monoisotopic (exact) mass is 471 g/mol. The van der Waals surface area contributed by atoms with Gasteiger partial charge >= 0.3 is 5.84 Å². The lowest BCUT2D eigenvalue weighted by Crippen LogP contribution is -3.00. The largest absolute Gasteiger partial charge is 1.00 e. The summed E-state index contributed by atoms with van der Waals surface area (Å²) >= 11 is 0. The number of anilines is 2. The van der Waals surface area contributed by atoms with E-state index < -0.39 is 0 Å². The molecule has 1 fully saturated rings. The van der Waals surface area contributed by atoms with E-state index in [2.05, 4.69) is 29.3 Å². The number of quaternary nitrogens is 1. The molecule has 0 unspecified atom stereocenters. The molecular formula is C21H33Cl2N6O2. The van der Waals surface area contributed by atoms with Crippen LogP contribution in [0.4, 0.5) is 11.4 Å². The first kappa shape index (κ1) is 27.0. The molecule has 0 aromatic heterocycles. The molecule has 2 aliphatic rings. The Morgan fingerprint density at radius 1 is 1.26 bits per heavy atom. The number of nitrogen functional groups attached to an aromatic ring is 1. The van der Waals surface area contributed by atoms with E-state index in [-0.39, 0.29) is 37.1 Å². The number of amidine groups is 1. The van der Waals surface area contributed by atoms with Crippen LogP contribution in [0.2, 0.25) is 0 Å². The Morgan fingerprint density at radius 3 is 2.61 bits per heavy atom. The molecular weight excluding hydrogens is 439 g/mol. The summed E-state index contributed by atoms with van der Waals surface area (Å²) in [7, 11) is 6.37. The second kappa shape index (κ2) is 12.1. The minimum Gasteiger partial charge on any atom is -1.00 e. The number of ether oxygens (including phenoxy) is 1. The van der Waals surface area contributed by atoms with Gasteiger partial charge in [-0.2, -0.15) is 0 Å². The van der Waals surface area contributed by atoms with Gasteiger partial charge in [0.25, 0.3) is 0 Å². The molecule has 1 saturated heterocycles.